The van der Waals surface area contributed by atoms with E-state index in [2.05, 4.69) is 0 Å². The highest BCUT2D eigenvalue weighted by molar-refractivity contribution is 6.22. The Morgan fingerprint density at radius 3 is 2.19 bits per heavy atom. The van der Waals surface area contributed by atoms with Gasteiger partial charge in [0.15, 0.2) is 0 Å². The lowest BCUT2D eigenvalue weighted by molar-refractivity contribution is -0.238. The van der Waals surface area contributed by atoms with Crippen molar-refractivity contribution in [3.05, 3.63) is 0 Å². The van der Waals surface area contributed by atoms with Gasteiger partial charge in [0, 0.05) is 6.42 Å². The number of ether oxygens (including phenoxy) is 1. The minimum Gasteiger partial charge on any atom is -0.390 e. The summed E-state index contributed by atoms with van der Waals surface area (Å²) in [6.45, 7) is 3.80. The first-order valence-electron chi connectivity index (χ1n) is 6.39. The Morgan fingerprint density at radius 1 is 1.19 bits per heavy atom. The van der Waals surface area contributed by atoms with Gasteiger partial charge in [-0.15, -0.1) is 0 Å². The monoisotopic (exact) mass is 244 g/mol. The molecule has 0 heterocycles. The third kappa shape index (κ3) is 1.89. The lowest BCUT2D eigenvalue weighted by atomic mass is 9.52. The zero-order chi connectivity index (χ0) is 11.6. The van der Waals surface area contributed by atoms with Crippen molar-refractivity contribution in [1.29, 1.82) is 0 Å². The highest BCUT2D eigenvalue weighted by Gasteiger charge is 2.58. The molecular weight excluding hydrogens is 224 g/mol. The molecule has 4 bridgehead atoms. The summed E-state index contributed by atoms with van der Waals surface area (Å²) in [6.07, 6.45) is 6.25. The van der Waals surface area contributed by atoms with Gasteiger partial charge in [-0.1, -0.05) is 11.6 Å². The molecule has 1 N–H and O–H groups in total. The average molecular weight is 245 g/mol. The Bertz CT molecular complexity index is 290. The van der Waals surface area contributed by atoms with Crippen molar-refractivity contribution in [2.24, 2.45) is 11.8 Å². The molecule has 4 aliphatic carbocycles. The fourth-order valence-corrected chi connectivity index (χ4v) is 4.93. The molecule has 4 rings (SSSR count). The number of rotatable bonds is 2. The van der Waals surface area contributed by atoms with Gasteiger partial charge >= 0.3 is 0 Å². The number of alkyl halides is 1. The molecule has 0 aromatic carbocycles. The van der Waals surface area contributed by atoms with Crippen LogP contribution in [0, 0.1) is 11.8 Å². The fraction of sp³-hybridized carbons (Fsp3) is 1.00. The van der Waals surface area contributed by atoms with E-state index in [1.165, 1.54) is 6.42 Å². The molecular formula is C13H21ClO2. The largest absolute Gasteiger partial charge is 0.390 e. The van der Waals surface area contributed by atoms with Crippen molar-refractivity contribution in [3.63, 3.8) is 0 Å². The minimum atomic E-state index is -0.609. The van der Waals surface area contributed by atoms with Crippen LogP contribution in [0.5, 0.6) is 0 Å². The van der Waals surface area contributed by atoms with Crippen molar-refractivity contribution >= 4 is 11.6 Å². The molecule has 0 aliphatic heterocycles. The maximum atomic E-state index is 10.5. The molecule has 92 valence electrons. The molecule has 4 aliphatic rings. The van der Waals surface area contributed by atoms with Gasteiger partial charge in [-0.25, -0.2) is 0 Å². The van der Waals surface area contributed by atoms with E-state index in [0.717, 1.165) is 32.1 Å². The lowest BCUT2D eigenvalue weighted by Crippen LogP contribution is -2.61. The number of hydrogen-bond acceptors (Lipinski definition) is 2. The van der Waals surface area contributed by atoms with Crippen LogP contribution >= 0.6 is 11.6 Å². The van der Waals surface area contributed by atoms with Crippen LogP contribution in [-0.4, -0.2) is 21.4 Å². The van der Waals surface area contributed by atoms with Crippen LogP contribution in [0.3, 0.4) is 0 Å². The Balaban J connectivity index is 1.86. The molecule has 2 nitrogen and oxygen atoms in total. The predicted molar refractivity (Wildman–Crippen MR) is 63.4 cm³/mol. The molecule has 0 aromatic heterocycles. The first-order chi connectivity index (χ1) is 7.28. The highest BCUT2D eigenvalue weighted by atomic mass is 35.5. The van der Waals surface area contributed by atoms with Crippen LogP contribution in [-0.2, 0) is 4.74 Å². The van der Waals surface area contributed by atoms with Crippen LogP contribution in [0.15, 0.2) is 0 Å². The molecule has 4 fully saturated rings. The standard InChI is InChI=1S/C13H21ClO2/c1-11(2,14)16-13-6-9-3-10(7-13)5-12(15,4-9)8-13/h9-10,15H,3-8H2,1-2H3. The van der Waals surface area contributed by atoms with Gasteiger partial charge in [0.2, 0.25) is 0 Å². The maximum absolute atomic E-state index is 10.5. The second kappa shape index (κ2) is 3.15. The normalized spacial score (nSPS) is 51.0. The minimum absolute atomic E-state index is 0.135. The van der Waals surface area contributed by atoms with Crippen LogP contribution in [0.25, 0.3) is 0 Å². The van der Waals surface area contributed by atoms with E-state index >= 15 is 0 Å². The SMILES string of the molecule is CC(C)(Cl)OC12CC3CC(CC(O)(C3)C1)C2. The summed E-state index contributed by atoms with van der Waals surface area (Å²) in [6, 6.07) is 0. The Hall–Kier alpha value is 0.210. The third-order valence-corrected chi connectivity index (χ3v) is 4.51. The van der Waals surface area contributed by atoms with Crippen LogP contribution in [0.2, 0.25) is 0 Å². The van der Waals surface area contributed by atoms with Gasteiger partial charge in [-0.2, -0.15) is 0 Å². The van der Waals surface area contributed by atoms with Gasteiger partial charge in [0.05, 0.1) is 11.2 Å². The number of hydrogen-bond donors (Lipinski definition) is 1. The van der Waals surface area contributed by atoms with E-state index in [1.807, 2.05) is 13.8 Å². The summed E-state index contributed by atoms with van der Waals surface area (Å²) in [4.78, 5) is 0. The third-order valence-electron chi connectivity index (χ3n) is 4.44. The van der Waals surface area contributed by atoms with E-state index in [1.54, 1.807) is 0 Å². The van der Waals surface area contributed by atoms with E-state index in [-0.39, 0.29) is 5.60 Å². The second-order valence-corrected chi connectivity index (χ2v) is 7.74. The van der Waals surface area contributed by atoms with Gasteiger partial charge in [-0.05, 0) is 57.8 Å². The summed E-state index contributed by atoms with van der Waals surface area (Å²) < 4.78 is 6.11. The Labute approximate surface area is 102 Å². The van der Waals surface area contributed by atoms with Gasteiger partial charge in [0.1, 0.15) is 5.06 Å². The van der Waals surface area contributed by atoms with Gasteiger partial charge in [0.25, 0.3) is 0 Å². The van der Waals surface area contributed by atoms with Crippen LogP contribution in [0.1, 0.15) is 52.4 Å². The van der Waals surface area contributed by atoms with E-state index in [0.29, 0.717) is 11.8 Å². The summed E-state index contributed by atoms with van der Waals surface area (Å²) >= 11 is 6.21. The molecule has 0 saturated heterocycles. The molecule has 2 unspecified atom stereocenters. The highest BCUT2D eigenvalue weighted by Crippen LogP contribution is 2.59. The molecule has 16 heavy (non-hydrogen) atoms. The number of aliphatic hydroxyl groups is 1. The number of halogens is 1. The topological polar surface area (TPSA) is 29.5 Å². The Morgan fingerprint density at radius 2 is 1.75 bits per heavy atom. The summed E-state index contributed by atoms with van der Waals surface area (Å²) in [5.74, 6) is 1.32. The van der Waals surface area contributed by atoms with Crippen molar-refractivity contribution in [3.8, 4) is 0 Å². The Kier molecular flexibility index (Phi) is 2.23. The van der Waals surface area contributed by atoms with Gasteiger partial charge < -0.3 is 9.84 Å². The maximum Gasteiger partial charge on any atom is 0.137 e. The zero-order valence-corrected chi connectivity index (χ0v) is 10.9. The first-order valence-corrected chi connectivity index (χ1v) is 6.77. The lowest BCUT2D eigenvalue weighted by Gasteiger charge is -2.60. The van der Waals surface area contributed by atoms with Crippen molar-refractivity contribution < 1.29 is 9.84 Å². The molecule has 2 atom stereocenters. The van der Waals surface area contributed by atoms with Crippen molar-refractivity contribution in [1.82, 2.24) is 0 Å². The van der Waals surface area contributed by atoms with Crippen LogP contribution < -0.4 is 0 Å². The molecule has 0 amide bonds. The second-order valence-electron chi connectivity index (χ2n) is 6.83. The van der Waals surface area contributed by atoms with Crippen molar-refractivity contribution in [2.75, 3.05) is 0 Å². The van der Waals surface area contributed by atoms with Gasteiger partial charge in [-0.3, -0.25) is 0 Å². The van der Waals surface area contributed by atoms with E-state index in [4.69, 9.17) is 16.3 Å². The zero-order valence-electron chi connectivity index (χ0n) is 10.1. The predicted octanol–water partition coefficient (Wildman–Crippen LogP) is 3.06. The summed E-state index contributed by atoms with van der Waals surface area (Å²) in [5, 5.41) is 9.93. The molecule has 0 aromatic rings. The fourth-order valence-electron chi connectivity index (χ4n) is 4.77. The molecule has 4 saturated carbocycles. The van der Waals surface area contributed by atoms with E-state index < -0.39 is 10.7 Å². The van der Waals surface area contributed by atoms with Crippen molar-refractivity contribution in [2.45, 2.75) is 68.6 Å². The molecule has 0 radical (unpaired) electrons. The smallest absolute Gasteiger partial charge is 0.137 e. The average Bonchev–Trinajstić information content (AvgIpc) is 1.91. The molecule has 0 spiro atoms. The first kappa shape index (κ1) is 11.3. The van der Waals surface area contributed by atoms with E-state index in [9.17, 15) is 5.11 Å². The van der Waals surface area contributed by atoms with Crippen LogP contribution in [0.4, 0.5) is 0 Å². The summed E-state index contributed by atoms with van der Waals surface area (Å²) in [7, 11) is 0. The summed E-state index contributed by atoms with van der Waals surface area (Å²) in [5.41, 5.74) is -0.587. The quantitative estimate of drug-likeness (QED) is 0.757. The molecule has 3 heteroatoms.